The Morgan fingerprint density at radius 3 is 2.71 bits per heavy atom. The molecule has 2 amide bonds. The summed E-state index contributed by atoms with van der Waals surface area (Å²) in [6.07, 6.45) is 0.681. The fraction of sp³-hybridized carbons (Fsp3) is 0.304. The first kappa shape index (κ1) is 20.2. The Kier molecular flexibility index (Phi) is 4.68. The second-order valence-corrected chi connectivity index (χ2v) is 9.00. The molecular formula is C23H21Cl2N3O3. The number of carbonyl (C=O) groups excluding carboxylic acids is 2. The Balaban J connectivity index is 1.58. The Hall–Kier alpha value is -2.70. The highest BCUT2D eigenvalue weighted by molar-refractivity contribution is 6.35. The van der Waals surface area contributed by atoms with Crippen molar-refractivity contribution in [1.82, 2.24) is 14.8 Å². The third-order valence-electron chi connectivity index (χ3n) is 6.43. The summed E-state index contributed by atoms with van der Waals surface area (Å²) < 4.78 is 5.38. The van der Waals surface area contributed by atoms with Crippen LogP contribution >= 0.6 is 23.2 Å². The molecule has 2 aliphatic heterocycles. The smallest absolute Gasteiger partial charge is 0.255 e. The van der Waals surface area contributed by atoms with Crippen LogP contribution in [0, 0.1) is 0 Å². The van der Waals surface area contributed by atoms with Gasteiger partial charge in [0, 0.05) is 34.0 Å². The number of aromatic amines is 1. The summed E-state index contributed by atoms with van der Waals surface area (Å²) in [7, 11) is 1.63. The van der Waals surface area contributed by atoms with Crippen molar-refractivity contribution in [2.45, 2.75) is 25.4 Å². The first-order valence-electron chi connectivity index (χ1n) is 10.1. The van der Waals surface area contributed by atoms with Crippen molar-refractivity contribution in [3.8, 4) is 5.75 Å². The Labute approximate surface area is 189 Å². The summed E-state index contributed by atoms with van der Waals surface area (Å²) in [6, 6.07) is 11.0. The lowest BCUT2D eigenvalue weighted by molar-refractivity contribution is -0.166. The molecule has 1 aromatic heterocycles. The highest BCUT2D eigenvalue weighted by Gasteiger charge is 2.54. The minimum atomic E-state index is -1.10. The molecule has 5 rings (SSSR count). The monoisotopic (exact) mass is 457 g/mol. The van der Waals surface area contributed by atoms with Crippen LogP contribution in [-0.2, 0) is 28.1 Å². The number of hydrogen-bond donors (Lipinski definition) is 1. The standard InChI is InChI=1S/C23H21Cl2N3O3/c1-23-21-16(17-10-15(31-2)5-6-19(17)26-21)7-8-28(23)20(29)12-27(22(23)30)11-13-3-4-14(24)9-18(13)25/h3-6,9-10,26H,7-8,11-12H2,1-2H3. The van der Waals surface area contributed by atoms with Gasteiger partial charge in [-0.05, 0) is 54.8 Å². The van der Waals surface area contributed by atoms with E-state index in [9.17, 15) is 9.59 Å². The van der Waals surface area contributed by atoms with Crippen molar-refractivity contribution in [1.29, 1.82) is 0 Å². The SMILES string of the molecule is COc1ccc2[nH]c3c(c2c1)CCN1C(=O)CN(Cc2ccc(Cl)cc2Cl)C(=O)C31C. The van der Waals surface area contributed by atoms with E-state index in [-0.39, 0.29) is 24.9 Å². The Morgan fingerprint density at radius 2 is 1.97 bits per heavy atom. The van der Waals surface area contributed by atoms with Crippen LogP contribution in [0.25, 0.3) is 10.9 Å². The van der Waals surface area contributed by atoms with Gasteiger partial charge in [0.1, 0.15) is 12.3 Å². The molecule has 1 unspecified atom stereocenters. The fourth-order valence-corrected chi connectivity index (χ4v) is 5.29. The molecule has 1 fully saturated rings. The summed E-state index contributed by atoms with van der Waals surface area (Å²) >= 11 is 12.3. The Morgan fingerprint density at radius 1 is 1.16 bits per heavy atom. The average Bonchev–Trinajstić information content (AvgIpc) is 3.13. The zero-order valence-electron chi connectivity index (χ0n) is 17.2. The molecule has 0 saturated carbocycles. The summed E-state index contributed by atoms with van der Waals surface area (Å²) in [5.74, 6) is 0.554. The van der Waals surface area contributed by atoms with E-state index < -0.39 is 5.54 Å². The number of ether oxygens (including phenoxy) is 1. The number of halogens is 2. The number of methoxy groups -OCH3 is 1. The summed E-state index contributed by atoms with van der Waals surface area (Å²) in [6.45, 7) is 2.59. The maximum absolute atomic E-state index is 13.8. The fourth-order valence-electron chi connectivity index (χ4n) is 4.82. The quantitative estimate of drug-likeness (QED) is 0.642. The minimum Gasteiger partial charge on any atom is -0.497 e. The third-order valence-corrected chi connectivity index (χ3v) is 7.02. The minimum absolute atomic E-state index is 0.0246. The van der Waals surface area contributed by atoms with Gasteiger partial charge in [-0.25, -0.2) is 0 Å². The maximum atomic E-state index is 13.8. The number of piperazine rings is 1. The predicted molar refractivity (Wildman–Crippen MR) is 119 cm³/mol. The van der Waals surface area contributed by atoms with Gasteiger partial charge in [0.05, 0.1) is 12.8 Å². The van der Waals surface area contributed by atoms with Crippen molar-refractivity contribution in [3.05, 3.63) is 63.3 Å². The summed E-state index contributed by atoms with van der Waals surface area (Å²) in [4.78, 5) is 33.6. The molecule has 6 nitrogen and oxygen atoms in total. The number of rotatable bonds is 3. The van der Waals surface area contributed by atoms with Crippen molar-refractivity contribution >= 4 is 45.9 Å². The van der Waals surface area contributed by atoms with Crippen molar-refractivity contribution < 1.29 is 14.3 Å². The highest BCUT2D eigenvalue weighted by atomic mass is 35.5. The molecule has 0 bridgehead atoms. The molecule has 3 heterocycles. The van der Waals surface area contributed by atoms with Gasteiger partial charge in [-0.15, -0.1) is 0 Å². The van der Waals surface area contributed by atoms with Gasteiger partial charge in [0.2, 0.25) is 5.91 Å². The molecule has 1 atom stereocenters. The van der Waals surface area contributed by atoms with Gasteiger partial charge in [0.15, 0.2) is 5.54 Å². The molecule has 0 radical (unpaired) electrons. The van der Waals surface area contributed by atoms with Gasteiger partial charge in [-0.2, -0.15) is 0 Å². The normalized spacial score (nSPS) is 20.8. The second kappa shape index (κ2) is 7.18. The van der Waals surface area contributed by atoms with Gasteiger partial charge in [-0.3, -0.25) is 9.59 Å². The largest absolute Gasteiger partial charge is 0.497 e. The van der Waals surface area contributed by atoms with E-state index in [1.165, 1.54) is 0 Å². The molecule has 3 aromatic rings. The van der Waals surface area contributed by atoms with E-state index in [4.69, 9.17) is 27.9 Å². The number of hydrogen-bond acceptors (Lipinski definition) is 3. The molecule has 8 heteroatoms. The number of fused-ring (bicyclic) bond motifs is 5. The number of aromatic nitrogens is 1. The number of nitrogens with zero attached hydrogens (tertiary/aromatic N) is 2. The van der Waals surface area contributed by atoms with Crippen LogP contribution in [0.3, 0.4) is 0 Å². The Bertz CT molecular complexity index is 1240. The van der Waals surface area contributed by atoms with Gasteiger partial charge < -0.3 is 19.5 Å². The van der Waals surface area contributed by atoms with Gasteiger partial charge in [-0.1, -0.05) is 29.3 Å². The van der Waals surface area contributed by atoms with Crippen LogP contribution in [-0.4, -0.2) is 46.8 Å². The molecule has 0 aliphatic carbocycles. The zero-order chi connectivity index (χ0) is 21.9. The van der Waals surface area contributed by atoms with Crippen molar-refractivity contribution in [3.63, 3.8) is 0 Å². The number of H-pyrrole nitrogens is 1. The number of benzene rings is 2. The third kappa shape index (κ3) is 3.00. The van der Waals surface area contributed by atoms with Crippen LogP contribution in [0.4, 0.5) is 0 Å². The number of amides is 2. The molecule has 31 heavy (non-hydrogen) atoms. The lowest BCUT2D eigenvalue weighted by atomic mass is 9.83. The molecule has 0 spiro atoms. The van der Waals surface area contributed by atoms with E-state index in [0.29, 0.717) is 23.0 Å². The molecular weight excluding hydrogens is 437 g/mol. The van der Waals surface area contributed by atoms with Gasteiger partial charge in [0.25, 0.3) is 5.91 Å². The molecule has 160 valence electrons. The lowest BCUT2D eigenvalue weighted by Crippen LogP contribution is -2.66. The first-order chi connectivity index (χ1) is 14.8. The van der Waals surface area contributed by atoms with Crippen molar-refractivity contribution in [2.24, 2.45) is 0 Å². The predicted octanol–water partition coefficient (Wildman–Crippen LogP) is 4.13. The number of nitrogens with one attached hydrogen (secondary N) is 1. The van der Waals surface area contributed by atoms with Crippen LogP contribution in [0.1, 0.15) is 23.7 Å². The molecule has 1 saturated heterocycles. The van der Waals surface area contributed by atoms with Crippen LogP contribution in [0.2, 0.25) is 10.0 Å². The maximum Gasteiger partial charge on any atom is 0.255 e. The molecule has 1 N–H and O–H groups in total. The van der Waals surface area contributed by atoms with E-state index in [1.807, 2.05) is 25.1 Å². The van der Waals surface area contributed by atoms with Gasteiger partial charge >= 0.3 is 0 Å². The molecule has 2 aromatic carbocycles. The highest BCUT2D eigenvalue weighted by Crippen LogP contribution is 2.43. The molecule has 2 aliphatic rings. The second-order valence-electron chi connectivity index (χ2n) is 8.15. The summed E-state index contributed by atoms with van der Waals surface area (Å²) in [5.41, 5.74) is 2.40. The van der Waals surface area contributed by atoms with E-state index in [0.717, 1.165) is 33.5 Å². The lowest BCUT2D eigenvalue weighted by Gasteiger charge is -2.49. The van der Waals surface area contributed by atoms with E-state index in [1.54, 1.807) is 35.1 Å². The first-order valence-corrected chi connectivity index (χ1v) is 10.8. The van der Waals surface area contributed by atoms with Crippen LogP contribution in [0.15, 0.2) is 36.4 Å². The summed E-state index contributed by atoms with van der Waals surface area (Å²) in [5, 5.41) is 2.02. The average molecular weight is 458 g/mol. The van der Waals surface area contributed by atoms with Crippen molar-refractivity contribution in [2.75, 3.05) is 20.2 Å². The zero-order valence-corrected chi connectivity index (χ0v) is 18.7. The van der Waals surface area contributed by atoms with E-state index in [2.05, 4.69) is 4.98 Å². The topological polar surface area (TPSA) is 65.6 Å². The van der Waals surface area contributed by atoms with Crippen LogP contribution < -0.4 is 4.74 Å². The number of carbonyl (C=O) groups is 2. The van der Waals surface area contributed by atoms with Crippen LogP contribution in [0.5, 0.6) is 5.75 Å². The van der Waals surface area contributed by atoms with E-state index >= 15 is 0 Å².